The fourth-order valence-electron chi connectivity index (χ4n) is 3.05. The Morgan fingerprint density at radius 1 is 0.846 bits per heavy atom. The highest BCUT2D eigenvalue weighted by molar-refractivity contribution is 4.95. The van der Waals surface area contributed by atoms with E-state index >= 15 is 0 Å². The minimum absolute atomic E-state index is 0.929. The highest BCUT2D eigenvalue weighted by Gasteiger charge is 2.46. The van der Waals surface area contributed by atoms with Gasteiger partial charge in [0.15, 0.2) is 0 Å². The number of hydrogen-bond acceptors (Lipinski definition) is 0. The van der Waals surface area contributed by atoms with Gasteiger partial charge in [0.25, 0.3) is 0 Å². The van der Waals surface area contributed by atoms with Crippen LogP contribution >= 0.6 is 0 Å². The smallest absolute Gasteiger partial charge is 0.0352 e. The van der Waals surface area contributed by atoms with Gasteiger partial charge in [-0.15, -0.1) is 0 Å². The first-order valence-corrected chi connectivity index (χ1v) is 6.11. The second kappa shape index (κ2) is 3.29. The van der Waals surface area contributed by atoms with Gasteiger partial charge < -0.3 is 0 Å². The lowest BCUT2D eigenvalue weighted by atomic mass is 9.85. The third kappa shape index (κ3) is 1.92. The molecule has 0 bridgehead atoms. The molecule has 0 aromatic rings. The molecule has 2 rings (SSSR count). The van der Waals surface area contributed by atoms with Gasteiger partial charge in [-0.1, -0.05) is 27.7 Å². The zero-order valence-electron chi connectivity index (χ0n) is 9.59. The van der Waals surface area contributed by atoms with E-state index in [4.69, 9.17) is 0 Å². The highest BCUT2D eigenvalue weighted by Crippen LogP contribution is 2.54. The molecule has 0 spiro atoms. The number of hydrogen-bond donors (Lipinski definition) is 0. The quantitative estimate of drug-likeness (QED) is 0.614. The van der Waals surface area contributed by atoms with Gasteiger partial charge in [0.05, 0.1) is 0 Å². The van der Waals surface area contributed by atoms with E-state index in [0.717, 1.165) is 35.5 Å². The molecule has 0 aromatic heterocycles. The summed E-state index contributed by atoms with van der Waals surface area (Å²) in [5.74, 6) is 6.18. The van der Waals surface area contributed by atoms with Crippen LogP contribution < -0.4 is 0 Å². The van der Waals surface area contributed by atoms with Crippen molar-refractivity contribution in [3.05, 3.63) is 0 Å². The van der Waals surface area contributed by atoms with E-state index in [1.165, 1.54) is 19.3 Å². The molecule has 76 valence electrons. The molecular weight excluding hydrogens is 156 g/mol. The molecule has 2 fully saturated rings. The normalized spacial score (nSPS) is 37.6. The van der Waals surface area contributed by atoms with Crippen LogP contribution in [0.3, 0.4) is 0 Å². The third-order valence-electron chi connectivity index (χ3n) is 4.62. The zero-order chi connectivity index (χ0) is 9.59. The molecule has 0 aliphatic heterocycles. The molecule has 0 radical (unpaired) electrons. The largest absolute Gasteiger partial charge is 0.0625 e. The number of rotatable bonds is 4. The van der Waals surface area contributed by atoms with Gasteiger partial charge in [0.2, 0.25) is 0 Å². The summed E-state index contributed by atoms with van der Waals surface area (Å²) < 4.78 is 0. The molecule has 4 unspecified atom stereocenters. The van der Waals surface area contributed by atoms with E-state index in [1.807, 2.05) is 0 Å². The minimum Gasteiger partial charge on any atom is -0.0625 e. The fourth-order valence-corrected chi connectivity index (χ4v) is 3.05. The second-order valence-electron chi connectivity index (χ2n) is 5.86. The van der Waals surface area contributed by atoms with Gasteiger partial charge in [-0.05, 0) is 54.8 Å². The topological polar surface area (TPSA) is 0 Å². The average Bonchev–Trinajstić information content (AvgIpc) is 2.91. The molecule has 0 amide bonds. The van der Waals surface area contributed by atoms with Crippen LogP contribution in [0.1, 0.15) is 47.0 Å². The fraction of sp³-hybridized carbons (Fsp3) is 1.00. The van der Waals surface area contributed by atoms with Gasteiger partial charge in [-0.2, -0.15) is 0 Å². The molecule has 0 N–H and O–H groups in total. The maximum atomic E-state index is 2.50. The van der Waals surface area contributed by atoms with E-state index in [0.29, 0.717) is 0 Å². The molecule has 0 heteroatoms. The molecule has 2 saturated carbocycles. The average molecular weight is 180 g/mol. The van der Waals surface area contributed by atoms with E-state index in [2.05, 4.69) is 27.7 Å². The second-order valence-corrected chi connectivity index (χ2v) is 5.86. The third-order valence-corrected chi connectivity index (χ3v) is 4.62. The van der Waals surface area contributed by atoms with Gasteiger partial charge in [-0.3, -0.25) is 0 Å². The zero-order valence-corrected chi connectivity index (χ0v) is 9.59. The molecule has 0 nitrogen and oxygen atoms in total. The van der Waals surface area contributed by atoms with Gasteiger partial charge >= 0.3 is 0 Å². The summed E-state index contributed by atoms with van der Waals surface area (Å²) in [5.41, 5.74) is 0. The van der Waals surface area contributed by atoms with Crippen molar-refractivity contribution in [2.45, 2.75) is 47.0 Å². The van der Waals surface area contributed by atoms with Crippen molar-refractivity contribution >= 4 is 0 Å². The Kier molecular flexibility index (Phi) is 2.42. The Hall–Kier alpha value is 0. The molecule has 0 heterocycles. The maximum Gasteiger partial charge on any atom is -0.0352 e. The Bertz CT molecular complexity index is 178. The molecule has 0 saturated heterocycles. The Labute approximate surface area is 83.1 Å². The standard InChI is InChI=1S/C13H24/c1-8(2)12-7-13(12)10(4)9(3)11-5-6-11/h8-13H,5-7H2,1-4H3. The molecule has 4 atom stereocenters. The van der Waals surface area contributed by atoms with Crippen LogP contribution in [0, 0.1) is 35.5 Å². The van der Waals surface area contributed by atoms with E-state index in [-0.39, 0.29) is 0 Å². The lowest BCUT2D eigenvalue weighted by Crippen LogP contribution is -2.14. The van der Waals surface area contributed by atoms with Crippen LogP contribution in [0.4, 0.5) is 0 Å². The van der Waals surface area contributed by atoms with Crippen LogP contribution in [0.2, 0.25) is 0 Å². The molecule has 0 aromatic carbocycles. The summed E-state index contributed by atoms with van der Waals surface area (Å²) in [6.45, 7) is 9.76. The Morgan fingerprint density at radius 3 is 1.85 bits per heavy atom. The first-order valence-electron chi connectivity index (χ1n) is 6.11. The van der Waals surface area contributed by atoms with Crippen molar-refractivity contribution in [1.29, 1.82) is 0 Å². The lowest BCUT2D eigenvalue weighted by Gasteiger charge is -2.20. The summed E-state index contributed by atoms with van der Waals surface area (Å²) in [5, 5.41) is 0. The van der Waals surface area contributed by atoms with E-state index in [9.17, 15) is 0 Å². The van der Waals surface area contributed by atoms with Crippen LogP contribution in [-0.2, 0) is 0 Å². The monoisotopic (exact) mass is 180 g/mol. The first-order chi connectivity index (χ1) is 6.11. The molecule has 2 aliphatic carbocycles. The van der Waals surface area contributed by atoms with Crippen LogP contribution in [0.5, 0.6) is 0 Å². The van der Waals surface area contributed by atoms with E-state index in [1.54, 1.807) is 0 Å². The van der Waals surface area contributed by atoms with Gasteiger partial charge in [0, 0.05) is 0 Å². The lowest BCUT2D eigenvalue weighted by molar-refractivity contribution is 0.287. The van der Waals surface area contributed by atoms with Crippen molar-refractivity contribution in [3.8, 4) is 0 Å². The Morgan fingerprint density at radius 2 is 1.46 bits per heavy atom. The van der Waals surface area contributed by atoms with Crippen LogP contribution in [0.15, 0.2) is 0 Å². The molecule has 2 aliphatic rings. The SMILES string of the molecule is CC(C)C1CC1C(C)C(C)C1CC1. The predicted molar refractivity (Wildman–Crippen MR) is 57.5 cm³/mol. The van der Waals surface area contributed by atoms with Crippen molar-refractivity contribution in [2.24, 2.45) is 35.5 Å². The summed E-state index contributed by atoms with van der Waals surface area (Å²) in [7, 11) is 0. The first kappa shape index (κ1) is 9.55. The van der Waals surface area contributed by atoms with Crippen molar-refractivity contribution in [2.75, 3.05) is 0 Å². The van der Waals surface area contributed by atoms with E-state index < -0.39 is 0 Å². The van der Waals surface area contributed by atoms with Gasteiger partial charge in [-0.25, -0.2) is 0 Å². The van der Waals surface area contributed by atoms with Crippen molar-refractivity contribution in [3.63, 3.8) is 0 Å². The van der Waals surface area contributed by atoms with Gasteiger partial charge in [0.1, 0.15) is 0 Å². The molecular formula is C13H24. The summed E-state index contributed by atoms with van der Waals surface area (Å²) in [6, 6.07) is 0. The van der Waals surface area contributed by atoms with Crippen LogP contribution in [0.25, 0.3) is 0 Å². The Balaban J connectivity index is 1.81. The maximum absolute atomic E-state index is 2.50. The minimum atomic E-state index is 0.929. The summed E-state index contributed by atoms with van der Waals surface area (Å²) in [4.78, 5) is 0. The molecule has 13 heavy (non-hydrogen) atoms. The van der Waals surface area contributed by atoms with Crippen molar-refractivity contribution in [1.82, 2.24) is 0 Å². The summed E-state index contributed by atoms with van der Waals surface area (Å²) in [6.07, 6.45) is 4.56. The highest BCUT2D eigenvalue weighted by atomic mass is 14.5. The summed E-state index contributed by atoms with van der Waals surface area (Å²) >= 11 is 0. The van der Waals surface area contributed by atoms with Crippen molar-refractivity contribution < 1.29 is 0 Å². The van der Waals surface area contributed by atoms with Crippen LogP contribution in [-0.4, -0.2) is 0 Å². The predicted octanol–water partition coefficient (Wildman–Crippen LogP) is 3.96.